The third-order valence-corrected chi connectivity index (χ3v) is 6.53. The molecule has 32 heavy (non-hydrogen) atoms. The van der Waals surface area contributed by atoms with Gasteiger partial charge in [-0.15, -0.1) is 35.3 Å². The van der Waals surface area contributed by atoms with Crippen LogP contribution in [0.4, 0.5) is 5.69 Å². The van der Waals surface area contributed by atoms with Crippen molar-refractivity contribution in [3.63, 3.8) is 0 Å². The number of hydrogen-bond donors (Lipinski definition) is 3. The minimum atomic E-state index is -0.575. The summed E-state index contributed by atoms with van der Waals surface area (Å²) in [4.78, 5) is 7.99. The van der Waals surface area contributed by atoms with Gasteiger partial charge < -0.3 is 25.4 Å². The summed E-state index contributed by atoms with van der Waals surface area (Å²) in [7, 11) is 0. The Morgan fingerprint density at radius 1 is 1.12 bits per heavy atom. The van der Waals surface area contributed by atoms with Crippen LogP contribution in [-0.2, 0) is 11.3 Å². The molecule has 1 unspecified atom stereocenters. The topological polar surface area (TPSA) is 69.1 Å². The molecule has 0 radical (unpaired) electrons. The Morgan fingerprint density at radius 2 is 1.88 bits per heavy atom. The quantitative estimate of drug-likeness (QED) is 0.228. The maximum Gasteiger partial charge on any atom is 0.191 e. The van der Waals surface area contributed by atoms with E-state index in [4.69, 9.17) is 4.74 Å². The molecule has 172 valence electrons. The molecule has 3 N–H and O–H groups in total. The van der Waals surface area contributed by atoms with Crippen LogP contribution in [0.25, 0.3) is 10.1 Å². The van der Waals surface area contributed by atoms with Crippen molar-refractivity contribution in [2.45, 2.75) is 19.6 Å². The van der Waals surface area contributed by atoms with E-state index in [2.05, 4.69) is 63.0 Å². The molecule has 0 spiro atoms. The summed E-state index contributed by atoms with van der Waals surface area (Å²) in [6.07, 6.45) is -0.575. The van der Waals surface area contributed by atoms with Gasteiger partial charge in [0.1, 0.15) is 6.10 Å². The van der Waals surface area contributed by atoms with Crippen molar-refractivity contribution < 1.29 is 9.84 Å². The molecular formula is C24H31IN4O2S. The number of ether oxygens (including phenoxy) is 1. The summed E-state index contributed by atoms with van der Waals surface area (Å²) in [5.74, 6) is 0.708. The number of fused-ring (bicyclic) bond motifs is 1. The molecule has 1 aliphatic heterocycles. The molecule has 1 saturated heterocycles. The molecule has 3 aromatic rings. The van der Waals surface area contributed by atoms with Gasteiger partial charge in [-0.25, -0.2) is 4.99 Å². The second-order valence-electron chi connectivity index (χ2n) is 7.54. The first-order valence-corrected chi connectivity index (χ1v) is 11.6. The summed E-state index contributed by atoms with van der Waals surface area (Å²) in [6, 6.07) is 18.8. The molecule has 6 nitrogen and oxygen atoms in total. The number of aliphatic imine (C=N–C) groups is 1. The highest BCUT2D eigenvalue weighted by Gasteiger charge is 2.13. The number of thiophene rings is 1. The van der Waals surface area contributed by atoms with Crippen molar-refractivity contribution in [2.24, 2.45) is 4.99 Å². The van der Waals surface area contributed by atoms with Gasteiger partial charge in [0, 0.05) is 41.4 Å². The van der Waals surface area contributed by atoms with Gasteiger partial charge in [0.15, 0.2) is 5.96 Å². The number of nitrogens with one attached hydrogen (secondary N) is 2. The summed E-state index contributed by atoms with van der Waals surface area (Å²) in [6.45, 7) is 7.25. The maximum absolute atomic E-state index is 10.6. The molecule has 0 bridgehead atoms. The average Bonchev–Trinajstić information content (AvgIpc) is 3.26. The lowest BCUT2D eigenvalue weighted by atomic mass is 10.2. The van der Waals surface area contributed by atoms with E-state index in [0.29, 0.717) is 19.0 Å². The Morgan fingerprint density at radius 3 is 2.59 bits per heavy atom. The molecule has 2 heterocycles. The molecular weight excluding hydrogens is 535 g/mol. The smallest absolute Gasteiger partial charge is 0.191 e. The lowest BCUT2D eigenvalue weighted by Crippen LogP contribution is -2.39. The van der Waals surface area contributed by atoms with E-state index >= 15 is 0 Å². The van der Waals surface area contributed by atoms with Crippen LogP contribution in [0, 0.1) is 0 Å². The molecule has 1 atom stereocenters. The number of hydrogen-bond acceptors (Lipinski definition) is 5. The molecule has 0 saturated carbocycles. The third kappa shape index (κ3) is 6.57. The van der Waals surface area contributed by atoms with Crippen LogP contribution in [0.2, 0.25) is 0 Å². The minimum absolute atomic E-state index is 0. The zero-order valence-electron chi connectivity index (χ0n) is 18.3. The fourth-order valence-electron chi connectivity index (χ4n) is 3.61. The van der Waals surface area contributed by atoms with Crippen molar-refractivity contribution in [2.75, 3.05) is 44.3 Å². The van der Waals surface area contributed by atoms with E-state index in [1.807, 2.05) is 19.1 Å². The Kier molecular flexibility index (Phi) is 9.58. The van der Waals surface area contributed by atoms with E-state index in [9.17, 15) is 5.11 Å². The first-order valence-electron chi connectivity index (χ1n) is 10.8. The number of nitrogens with zero attached hydrogens (tertiary/aromatic N) is 2. The van der Waals surface area contributed by atoms with E-state index in [0.717, 1.165) is 43.3 Å². The van der Waals surface area contributed by atoms with Crippen LogP contribution in [0.3, 0.4) is 0 Å². The SMILES string of the molecule is CCNC(=NCc1ccc(N2CCOCC2)cc1)NCC(O)c1cc2ccccc2s1.I. The number of anilines is 1. The van der Waals surface area contributed by atoms with Gasteiger partial charge >= 0.3 is 0 Å². The fourth-order valence-corrected chi connectivity index (χ4v) is 4.66. The summed E-state index contributed by atoms with van der Waals surface area (Å²) < 4.78 is 6.62. The molecule has 8 heteroatoms. The van der Waals surface area contributed by atoms with Gasteiger partial charge in [-0.3, -0.25) is 0 Å². The second kappa shape index (κ2) is 12.4. The predicted octanol–water partition coefficient (Wildman–Crippen LogP) is 4.14. The van der Waals surface area contributed by atoms with Gasteiger partial charge in [-0.2, -0.15) is 0 Å². The highest BCUT2D eigenvalue weighted by Crippen LogP contribution is 2.29. The number of guanidine groups is 1. The fraction of sp³-hybridized carbons (Fsp3) is 0.375. The maximum atomic E-state index is 10.6. The largest absolute Gasteiger partial charge is 0.386 e. The van der Waals surface area contributed by atoms with Gasteiger partial charge in [0.2, 0.25) is 0 Å². The molecule has 0 amide bonds. The first-order chi connectivity index (χ1) is 15.2. The van der Waals surface area contributed by atoms with Crippen molar-refractivity contribution in [1.82, 2.24) is 10.6 Å². The molecule has 0 aliphatic carbocycles. The van der Waals surface area contributed by atoms with Crippen LogP contribution in [0.5, 0.6) is 0 Å². The number of aliphatic hydroxyl groups is 1. The number of morpholine rings is 1. The predicted molar refractivity (Wildman–Crippen MR) is 144 cm³/mol. The number of halogens is 1. The highest BCUT2D eigenvalue weighted by molar-refractivity contribution is 14.0. The Balaban J connectivity index is 0.00000289. The van der Waals surface area contributed by atoms with Crippen molar-refractivity contribution in [3.05, 3.63) is 65.0 Å². The van der Waals surface area contributed by atoms with Crippen molar-refractivity contribution in [1.29, 1.82) is 0 Å². The lowest BCUT2D eigenvalue weighted by Gasteiger charge is -2.28. The van der Waals surface area contributed by atoms with E-state index < -0.39 is 6.10 Å². The zero-order valence-corrected chi connectivity index (χ0v) is 21.4. The molecule has 1 aliphatic rings. The molecule has 1 fully saturated rings. The van der Waals surface area contributed by atoms with Gasteiger partial charge in [0.05, 0.1) is 19.8 Å². The lowest BCUT2D eigenvalue weighted by molar-refractivity contribution is 0.122. The van der Waals surface area contributed by atoms with E-state index in [-0.39, 0.29) is 24.0 Å². The van der Waals surface area contributed by atoms with Crippen LogP contribution in [-0.4, -0.2) is 50.5 Å². The number of benzene rings is 2. The minimum Gasteiger partial charge on any atom is -0.386 e. The summed E-state index contributed by atoms with van der Waals surface area (Å²) >= 11 is 1.63. The first kappa shape index (κ1) is 24.8. The standard InChI is InChI=1S/C24H30N4O2S.HI/c1-2-25-24(27-17-21(29)23-15-19-5-3-4-6-22(19)31-23)26-16-18-7-9-20(10-8-18)28-11-13-30-14-12-28;/h3-10,15,21,29H,2,11-14,16-17H2,1H3,(H2,25,26,27);1H. The third-order valence-electron chi connectivity index (χ3n) is 5.31. The van der Waals surface area contributed by atoms with Gasteiger partial charge in [0.25, 0.3) is 0 Å². The molecule has 2 aromatic carbocycles. The van der Waals surface area contributed by atoms with Crippen LogP contribution >= 0.6 is 35.3 Å². The zero-order chi connectivity index (χ0) is 21.5. The average molecular weight is 567 g/mol. The normalized spacial score (nSPS) is 15.3. The molecule has 4 rings (SSSR count). The van der Waals surface area contributed by atoms with Crippen LogP contribution in [0.15, 0.2) is 59.6 Å². The summed E-state index contributed by atoms with van der Waals surface area (Å²) in [5.41, 5.74) is 2.38. The van der Waals surface area contributed by atoms with E-state index in [1.54, 1.807) is 11.3 Å². The Bertz CT molecular complexity index is 970. The van der Waals surface area contributed by atoms with Crippen molar-refractivity contribution in [3.8, 4) is 0 Å². The number of rotatable bonds is 7. The van der Waals surface area contributed by atoms with Gasteiger partial charge in [-0.05, 0) is 42.1 Å². The Labute approximate surface area is 210 Å². The molecule has 1 aromatic heterocycles. The van der Waals surface area contributed by atoms with Gasteiger partial charge in [-0.1, -0.05) is 30.3 Å². The van der Waals surface area contributed by atoms with Crippen LogP contribution < -0.4 is 15.5 Å². The van der Waals surface area contributed by atoms with E-state index in [1.165, 1.54) is 15.8 Å². The Hall–Kier alpha value is -1.88. The highest BCUT2D eigenvalue weighted by atomic mass is 127. The number of aliphatic hydroxyl groups excluding tert-OH is 1. The van der Waals surface area contributed by atoms with Crippen LogP contribution in [0.1, 0.15) is 23.5 Å². The monoisotopic (exact) mass is 566 g/mol. The summed E-state index contributed by atoms with van der Waals surface area (Å²) in [5, 5.41) is 18.3. The second-order valence-corrected chi connectivity index (χ2v) is 8.66. The van der Waals surface area contributed by atoms with Crippen molar-refractivity contribution >= 4 is 57.0 Å².